The first-order chi connectivity index (χ1) is 12.6. The Morgan fingerprint density at radius 2 is 1.73 bits per heavy atom. The van der Waals surface area contributed by atoms with E-state index in [0.29, 0.717) is 6.54 Å². The molecule has 0 aliphatic rings. The molecule has 3 nitrogen and oxygen atoms in total. The van der Waals surface area contributed by atoms with Crippen LogP contribution in [0.25, 0.3) is 10.9 Å². The van der Waals surface area contributed by atoms with Crippen molar-refractivity contribution in [3.63, 3.8) is 0 Å². The van der Waals surface area contributed by atoms with Crippen LogP contribution < -0.4 is 0 Å². The minimum absolute atomic E-state index is 0.641. The van der Waals surface area contributed by atoms with Crippen LogP contribution in [0.4, 0.5) is 0 Å². The lowest BCUT2D eigenvalue weighted by Crippen LogP contribution is -2.09. The summed E-state index contributed by atoms with van der Waals surface area (Å²) in [5.74, 6) is 0. The fourth-order valence-electron chi connectivity index (χ4n) is 3.37. The van der Waals surface area contributed by atoms with E-state index in [1.807, 2.05) is 48.7 Å². The van der Waals surface area contributed by atoms with Crippen molar-refractivity contribution in [2.75, 3.05) is 0 Å². The Morgan fingerprint density at radius 3 is 2.54 bits per heavy atom. The summed E-state index contributed by atoms with van der Waals surface area (Å²) < 4.78 is 2.12. The van der Waals surface area contributed by atoms with Crippen molar-refractivity contribution in [2.24, 2.45) is 0 Å². The molecule has 0 aliphatic carbocycles. The SMILES string of the molecule is Cc1ccc(C(O)c2cc(C)cn2Cc2cnc3ccccc3c2)cc1. The number of benzene rings is 2. The number of aryl methyl sites for hydroxylation is 2. The van der Waals surface area contributed by atoms with E-state index in [4.69, 9.17) is 0 Å². The Bertz CT molecular complexity index is 1050. The largest absolute Gasteiger partial charge is 0.382 e. The summed E-state index contributed by atoms with van der Waals surface area (Å²) in [6, 6.07) is 20.4. The molecule has 0 bridgehead atoms. The van der Waals surface area contributed by atoms with E-state index in [-0.39, 0.29) is 0 Å². The molecule has 0 saturated carbocycles. The van der Waals surface area contributed by atoms with Crippen molar-refractivity contribution in [2.45, 2.75) is 26.5 Å². The average Bonchev–Trinajstić information content (AvgIpc) is 3.02. The van der Waals surface area contributed by atoms with Crippen LogP contribution in [0.1, 0.15) is 34.1 Å². The predicted molar refractivity (Wildman–Crippen MR) is 105 cm³/mol. The van der Waals surface area contributed by atoms with Crippen LogP contribution in [-0.2, 0) is 6.54 Å². The highest BCUT2D eigenvalue weighted by molar-refractivity contribution is 5.78. The van der Waals surface area contributed by atoms with Gasteiger partial charge in [-0.3, -0.25) is 4.98 Å². The zero-order valence-electron chi connectivity index (χ0n) is 15.1. The lowest BCUT2D eigenvalue weighted by atomic mass is 10.0. The van der Waals surface area contributed by atoms with Gasteiger partial charge in [0, 0.05) is 24.3 Å². The van der Waals surface area contributed by atoms with E-state index in [1.165, 1.54) is 5.56 Å². The van der Waals surface area contributed by atoms with Crippen molar-refractivity contribution in [1.29, 1.82) is 0 Å². The highest BCUT2D eigenvalue weighted by Crippen LogP contribution is 2.25. The fourth-order valence-corrected chi connectivity index (χ4v) is 3.37. The number of aromatic nitrogens is 2. The number of pyridine rings is 1. The molecule has 0 saturated heterocycles. The van der Waals surface area contributed by atoms with Crippen LogP contribution >= 0.6 is 0 Å². The first-order valence-corrected chi connectivity index (χ1v) is 8.85. The Hall–Kier alpha value is -2.91. The highest BCUT2D eigenvalue weighted by Gasteiger charge is 2.16. The Balaban J connectivity index is 1.67. The van der Waals surface area contributed by atoms with Gasteiger partial charge in [0.05, 0.1) is 11.2 Å². The van der Waals surface area contributed by atoms with Crippen LogP contribution in [0.3, 0.4) is 0 Å². The molecular weight excluding hydrogens is 320 g/mol. The van der Waals surface area contributed by atoms with E-state index in [1.54, 1.807) is 0 Å². The molecule has 1 atom stereocenters. The molecule has 1 unspecified atom stereocenters. The van der Waals surface area contributed by atoms with Crippen molar-refractivity contribution in [1.82, 2.24) is 9.55 Å². The number of hydrogen-bond acceptors (Lipinski definition) is 2. The van der Waals surface area contributed by atoms with Crippen molar-refractivity contribution in [3.05, 3.63) is 101 Å². The summed E-state index contributed by atoms with van der Waals surface area (Å²) in [5, 5.41) is 12.0. The van der Waals surface area contributed by atoms with Gasteiger partial charge in [0.25, 0.3) is 0 Å². The average molecular weight is 342 g/mol. The molecule has 2 aromatic heterocycles. The zero-order valence-corrected chi connectivity index (χ0v) is 15.1. The molecule has 0 radical (unpaired) electrons. The van der Waals surface area contributed by atoms with Crippen molar-refractivity contribution < 1.29 is 5.11 Å². The third-order valence-electron chi connectivity index (χ3n) is 4.74. The van der Waals surface area contributed by atoms with Crippen LogP contribution in [0, 0.1) is 13.8 Å². The van der Waals surface area contributed by atoms with Crippen LogP contribution in [0.2, 0.25) is 0 Å². The topological polar surface area (TPSA) is 38.0 Å². The lowest BCUT2D eigenvalue weighted by Gasteiger charge is -2.16. The van der Waals surface area contributed by atoms with Gasteiger partial charge in [-0.05, 0) is 48.7 Å². The van der Waals surface area contributed by atoms with E-state index in [0.717, 1.165) is 33.3 Å². The van der Waals surface area contributed by atoms with Gasteiger partial charge in [-0.15, -0.1) is 0 Å². The number of hydrogen-bond donors (Lipinski definition) is 1. The minimum Gasteiger partial charge on any atom is -0.382 e. The maximum Gasteiger partial charge on any atom is 0.119 e. The molecule has 0 spiro atoms. The van der Waals surface area contributed by atoms with Crippen molar-refractivity contribution >= 4 is 10.9 Å². The predicted octanol–water partition coefficient (Wildman–Crippen LogP) is 4.78. The Labute approximate surface area is 153 Å². The zero-order chi connectivity index (χ0) is 18.1. The molecule has 2 heterocycles. The molecule has 26 heavy (non-hydrogen) atoms. The van der Waals surface area contributed by atoms with Gasteiger partial charge in [-0.25, -0.2) is 0 Å². The van der Waals surface area contributed by atoms with Crippen LogP contribution in [0.15, 0.2) is 73.1 Å². The number of fused-ring (bicyclic) bond motifs is 1. The summed E-state index contributed by atoms with van der Waals surface area (Å²) >= 11 is 0. The molecule has 3 heteroatoms. The van der Waals surface area contributed by atoms with Gasteiger partial charge in [-0.1, -0.05) is 48.0 Å². The quantitative estimate of drug-likeness (QED) is 0.579. The molecule has 1 N–H and O–H groups in total. The number of aliphatic hydroxyl groups excluding tert-OH is 1. The number of rotatable bonds is 4. The van der Waals surface area contributed by atoms with Gasteiger partial charge < -0.3 is 9.67 Å². The first-order valence-electron chi connectivity index (χ1n) is 8.85. The lowest BCUT2D eigenvalue weighted by molar-refractivity contribution is 0.210. The molecule has 0 amide bonds. The normalized spacial score (nSPS) is 12.4. The Kier molecular flexibility index (Phi) is 4.31. The van der Waals surface area contributed by atoms with Crippen LogP contribution in [0.5, 0.6) is 0 Å². The Morgan fingerprint density at radius 1 is 0.962 bits per heavy atom. The van der Waals surface area contributed by atoms with Gasteiger partial charge in [-0.2, -0.15) is 0 Å². The second kappa shape index (κ2) is 6.77. The molecule has 2 aromatic carbocycles. The summed E-state index contributed by atoms with van der Waals surface area (Å²) in [6.45, 7) is 4.79. The highest BCUT2D eigenvalue weighted by atomic mass is 16.3. The van der Waals surface area contributed by atoms with E-state index < -0.39 is 6.10 Å². The maximum atomic E-state index is 10.9. The monoisotopic (exact) mass is 342 g/mol. The minimum atomic E-state index is -0.641. The molecule has 130 valence electrons. The molecule has 4 aromatic rings. The van der Waals surface area contributed by atoms with Gasteiger partial charge in [0.15, 0.2) is 0 Å². The summed E-state index contributed by atoms with van der Waals surface area (Å²) in [4.78, 5) is 4.55. The second-order valence-corrected chi connectivity index (χ2v) is 6.92. The summed E-state index contributed by atoms with van der Waals surface area (Å²) in [5.41, 5.74) is 6.26. The third-order valence-corrected chi connectivity index (χ3v) is 4.74. The van der Waals surface area contributed by atoms with E-state index >= 15 is 0 Å². The van der Waals surface area contributed by atoms with Gasteiger partial charge in [0.1, 0.15) is 6.10 Å². The first kappa shape index (κ1) is 16.6. The summed E-state index contributed by atoms with van der Waals surface area (Å²) in [6.07, 6.45) is 3.36. The third kappa shape index (κ3) is 3.26. The van der Waals surface area contributed by atoms with Gasteiger partial charge in [0.2, 0.25) is 0 Å². The smallest absolute Gasteiger partial charge is 0.119 e. The molecule has 0 fully saturated rings. The molecule has 0 aliphatic heterocycles. The van der Waals surface area contributed by atoms with E-state index in [9.17, 15) is 5.11 Å². The fraction of sp³-hybridized carbons (Fsp3) is 0.174. The maximum absolute atomic E-state index is 10.9. The number of nitrogens with zero attached hydrogens (tertiary/aromatic N) is 2. The second-order valence-electron chi connectivity index (χ2n) is 6.92. The summed E-state index contributed by atoms with van der Waals surface area (Å²) in [7, 11) is 0. The van der Waals surface area contributed by atoms with Gasteiger partial charge >= 0.3 is 0 Å². The van der Waals surface area contributed by atoms with Crippen molar-refractivity contribution in [3.8, 4) is 0 Å². The standard InChI is InChI=1S/C23H22N2O/c1-16-7-9-19(10-8-16)23(26)22-11-17(2)14-25(22)15-18-12-20-5-3-4-6-21(20)24-13-18/h3-14,23,26H,15H2,1-2H3. The number of para-hydroxylation sites is 1. The molecule has 4 rings (SSSR count). The molecular formula is C23H22N2O. The van der Waals surface area contributed by atoms with Crippen LogP contribution in [-0.4, -0.2) is 14.7 Å². The van der Waals surface area contributed by atoms with E-state index in [2.05, 4.69) is 47.8 Å². The number of aliphatic hydroxyl groups is 1.